The summed E-state index contributed by atoms with van der Waals surface area (Å²) >= 11 is 0. The molecule has 2 fully saturated rings. The van der Waals surface area contributed by atoms with E-state index in [-0.39, 0.29) is 22.3 Å². The van der Waals surface area contributed by atoms with Crippen LogP contribution < -0.4 is 15.6 Å². The molecule has 1 saturated carbocycles. The van der Waals surface area contributed by atoms with Crippen molar-refractivity contribution < 1.29 is 22.6 Å². The van der Waals surface area contributed by atoms with E-state index in [9.17, 15) is 13.2 Å². The molecule has 1 aliphatic carbocycles. The van der Waals surface area contributed by atoms with Gasteiger partial charge in [-0.15, -0.1) is 0 Å². The summed E-state index contributed by atoms with van der Waals surface area (Å²) in [6.45, 7) is 5.11. The van der Waals surface area contributed by atoms with Crippen molar-refractivity contribution in [2.45, 2.75) is 49.7 Å². The molecule has 0 radical (unpaired) electrons. The van der Waals surface area contributed by atoms with Crippen molar-refractivity contribution in [3.05, 3.63) is 47.0 Å². The molecule has 1 saturated heterocycles. The number of H-pyrrole nitrogens is 1. The first-order valence-electron chi connectivity index (χ1n) is 13.5. The van der Waals surface area contributed by atoms with E-state index in [1.807, 2.05) is 6.07 Å². The minimum absolute atomic E-state index is 0.00252. The minimum atomic E-state index is -3.44. The Bertz CT molecular complexity index is 1420. The van der Waals surface area contributed by atoms with E-state index in [4.69, 9.17) is 14.2 Å². The Kier molecular flexibility index (Phi) is 8.23. The zero-order valence-corrected chi connectivity index (χ0v) is 22.9. The SMILES string of the molecule is CCS(=O)(=O)c1ccc(OC(COCCOC2CCNCC2)C2CC2)c(-c2cn(C)c(=O)c3[nH]ccc23)c1. The van der Waals surface area contributed by atoms with Gasteiger partial charge >= 0.3 is 0 Å². The molecule has 3 aromatic rings. The van der Waals surface area contributed by atoms with Crippen LogP contribution in [0.25, 0.3) is 22.0 Å². The molecule has 9 nitrogen and oxygen atoms in total. The number of aryl methyl sites for hydroxylation is 1. The summed E-state index contributed by atoms with van der Waals surface area (Å²) in [6, 6.07) is 6.83. The molecule has 2 aliphatic rings. The van der Waals surface area contributed by atoms with Crippen molar-refractivity contribution >= 4 is 20.7 Å². The van der Waals surface area contributed by atoms with E-state index in [0.29, 0.717) is 48.7 Å². The molecule has 0 spiro atoms. The van der Waals surface area contributed by atoms with E-state index < -0.39 is 9.84 Å². The molecule has 38 heavy (non-hydrogen) atoms. The maximum atomic E-state index is 12.8. The Morgan fingerprint density at radius 3 is 2.61 bits per heavy atom. The van der Waals surface area contributed by atoms with Crippen LogP contribution in [-0.2, 0) is 26.4 Å². The summed E-state index contributed by atoms with van der Waals surface area (Å²) in [7, 11) is -1.75. The first-order valence-corrected chi connectivity index (χ1v) is 15.1. The Balaban J connectivity index is 1.38. The van der Waals surface area contributed by atoms with Gasteiger partial charge < -0.3 is 29.1 Å². The third-order valence-electron chi connectivity index (χ3n) is 7.45. The number of piperidine rings is 1. The van der Waals surface area contributed by atoms with Crippen LogP contribution in [0.3, 0.4) is 0 Å². The van der Waals surface area contributed by atoms with E-state index in [0.717, 1.165) is 49.7 Å². The minimum Gasteiger partial charge on any atom is -0.487 e. The van der Waals surface area contributed by atoms with Gasteiger partial charge in [0, 0.05) is 36.0 Å². The molecule has 2 aromatic heterocycles. The van der Waals surface area contributed by atoms with E-state index >= 15 is 0 Å². The zero-order chi connectivity index (χ0) is 26.7. The molecule has 1 aliphatic heterocycles. The lowest BCUT2D eigenvalue weighted by atomic mass is 10.0. The predicted octanol–water partition coefficient (Wildman–Crippen LogP) is 3.27. The summed E-state index contributed by atoms with van der Waals surface area (Å²) in [5.41, 5.74) is 1.69. The third-order valence-corrected chi connectivity index (χ3v) is 9.18. The van der Waals surface area contributed by atoms with Gasteiger partial charge in [-0.3, -0.25) is 4.79 Å². The van der Waals surface area contributed by atoms with Crippen molar-refractivity contribution in [2.75, 3.05) is 38.7 Å². The maximum absolute atomic E-state index is 12.8. The fraction of sp³-hybridized carbons (Fsp3) is 0.536. The molecule has 0 amide bonds. The quantitative estimate of drug-likeness (QED) is 0.337. The predicted molar refractivity (Wildman–Crippen MR) is 147 cm³/mol. The lowest BCUT2D eigenvalue weighted by molar-refractivity contribution is -0.0254. The number of sulfone groups is 1. The lowest BCUT2D eigenvalue weighted by Crippen LogP contribution is -2.33. The highest BCUT2D eigenvalue weighted by Crippen LogP contribution is 2.40. The third kappa shape index (κ3) is 5.98. The average Bonchev–Trinajstić information content (AvgIpc) is 3.66. The second-order valence-electron chi connectivity index (χ2n) is 10.2. The van der Waals surface area contributed by atoms with Gasteiger partial charge in [-0.2, -0.15) is 0 Å². The van der Waals surface area contributed by atoms with Crippen LogP contribution in [0.4, 0.5) is 0 Å². The Morgan fingerprint density at radius 2 is 1.87 bits per heavy atom. The van der Waals surface area contributed by atoms with E-state index in [1.54, 1.807) is 44.6 Å². The number of hydrogen-bond acceptors (Lipinski definition) is 7. The molecular weight excluding hydrogens is 506 g/mol. The van der Waals surface area contributed by atoms with Crippen molar-refractivity contribution in [3.8, 4) is 16.9 Å². The summed E-state index contributed by atoms with van der Waals surface area (Å²) < 4.78 is 45.5. The zero-order valence-electron chi connectivity index (χ0n) is 22.1. The second kappa shape index (κ2) is 11.6. The van der Waals surface area contributed by atoms with Crippen molar-refractivity contribution in [2.24, 2.45) is 13.0 Å². The molecule has 1 atom stereocenters. The number of aromatic amines is 1. The highest BCUT2D eigenvalue weighted by Gasteiger charge is 2.34. The summed E-state index contributed by atoms with van der Waals surface area (Å²) in [5, 5.41) is 4.06. The number of ether oxygens (including phenoxy) is 3. The number of nitrogens with zero attached hydrogens (tertiary/aromatic N) is 1. The molecular formula is C28H37N3O6S. The summed E-state index contributed by atoms with van der Waals surface area (Å²) in [6.07, 6.45) is 7.79. The number of benzene rings is 1. The number of rotatable bonds is 12. The van der Waals surface area contributed by atoms with E-state index in [1.165, 1.54) is 4.57 Å². The van der Waals surface area contributed by atoms with Crippen molar-refractivity contribution in [1.29, 1.82) is 0 Å². The normalized spacial score (nSPS) is 17.6. The van der Waals surface area contributed by atoms with E-state index in [2.05, 4.69) is 10.3 Å². The van der Waals surface area contributed by atoms with Gasteiger partial charge in [0.1, 0.15) is 17.4 Å². The Morgan fingerprint density at radius 1 is 1.08 bits per heavy atom. The molecule has 0 bridgehead atoms. The Labute approximate surface area is 223 Å². The van der Waals surface area contributed by atoms with Gasteiger partial charge in [0.2, 0.25) is 0 Å². The number of aromatic nitrogens is 2. The van der Waals surface area contributed by atoms with Crippen LogP contribution >= 0.6 is 0 Å². The molecule has 1 unspecified atom stereocenters. The highest BCUT2D eigenvalue weighted by atomic mass is 32.2. The van der Waals surface area contributed by atoms with Gasteiger partial charge in [0.15, 0.2) is 9.84 Å². The van der Waals surface area contributed by atoms with Crippen LogP contribution in [0.2, 0.25) is 0 Å². The average molecular weight is 544 g/mol. The number of nitrogens with one attached hydrogen (secondary N) is 2. The van der Waals surface area contributed by atoms with Crippen LogP contribution in [-0.4, -0.2) is 68.8 Å². The highest BCUT2D eigenvalue weighted by molar-refractivity contribution is 7.91. The summed E-state index contributed by atoms with van der Waals surface area (Å²) in [5.74, 6) is 0.963. The van der Waals surface area contributed by atoms with Gasteiger partial charge in [-0.25, -0.2) is 8.42 Å². The van der Waals surface area contributed by atoms with Crippen LogP contribution in [0.15, 0.2) is 46.3 Å². The maximum Gasteiger partial charge on any atom is 0.274 e. The van der Waals surface area contributed by atoms with Crippen molar-refractivity contribution in [3.63, 3.8) is 0 Å². The number of hydrogen-bond donors (Lipinski definition) is 2. The fourth-order valence-electron chi connectivity index (χ4n) is 5.00. The topological polar surface area (TPSA) is 112 Å². The monoisotopic (exact) mass is 543 g/mol. The first-order chi connectivity index (χ1) is 18.4. The lowest BCUT2D eigenvalue weighted by Gasteiger charge is -2.24. The molecule has 3 heterocycles. The Hall–Kier alpha value is -2.66. The molecule has 10 heteroatoms. The van der Waals surface area contributed by atoms with Gasteiger partial charge in [-0.1, -0.05) is 6.92 Å². The van der Waals surface area contributed by atoms with Gasteiger partial charge in [-0.05, 0) is 69.0 Å². The largest absolute Gasteiger partial charge is 0.487 e. The first kappa shape index (κ1) is 26.9. The van der Waals surface area contributed by atoms with Crippen LogP contribution in [0.1, 0.15) is 32.6 Å². The van der Waals surface area contributed by atoms with Crippen LogP contribution in [0, 0.1) is 5.92 Å². The molecule has 2 N–H and O–H groups in total. The fourth-order valence-corrected chi connectivity index (χ4v) is 5.90. The molecule has 5 rings (SSSR count). The smallest absolute Gasteiger partial charge is 0.274 e. The van der Waals surface area contributed by atoms with Gasteiger partial charge in [0.25, 0.3) is 5.56 Å². The van der Waals surface area contributed by atoms with Crippen LogP contribution in [0.5, 0.6) is 5.75 Å². The number of pyridine rings is 1. The summed E-state index contributed by atoms with van der Waals surface area (Å²) in [4.78, 5) is 15.9. The standard InChI is InChI=1S/C28H37N3O6S/c1-3-38(33,34)21-6-7-25(23(16-21)24-17-31(2)28(32)27-22(24)10-13-30-27)37-26(19-4-5-19)18-35-14-15-36-20-8-11-29-12-9-20/h6-7,10,13,16-17,19-20,26,29-30H,3-5,8-9,11-12,14-15,18H2,1-2H3. The number of fused-ring (bicyclic) bond motifs is 1. The van der Waals surface area contributed by atoms with Crippen molar-refractivity contribution in [1.82, 2.24) is 14.9 Å². The molecule has 1 aromatic carbocycles. The second-order valence-corrected chi connectivity index (χ2v) is 12.5. The molecule has 206 valence electrons. The van der Waals surface area contributed by atoms with Gasteiger partial charge in [0.05, 0.1) is 36.6 Å².